The highest BCUT2D eigenvalue weighted by molar-refractivity contribution is 5.90. The maximum absolute atomic E-state index is 11.1. The van der Waals surface area contributed by atoms with E-state index in [4.69, 9.17) is 5.73 Å². The minimum Gasteiger partial charge on any atom is -0.364 e. The van der Waals surface area contributed by atoms with Crippen LogP contribution in [0.15, 0.2) is 18.2 Å². The van der Waals surface area contributed by atoms with Crippen LogP contribution in [0, 0.1) is 0 Å². The van der Waals surface area contributed by atoms with Crippen molar-refractivity contribution in [2.75, 3.05) is 19.6 Å². The van der Waals surface area contributed by atoms with Gasteiger partial charge in [-0.2, -0.15) is 0 Å². The van der Waals surface area contributed by atoms with Gasteiger partial charge in [0.1, 0.15) is 5.69 Å². The summed E-state index contributed by atoms with van der Waals surface area (Å²) in [4.78, 5) is 17.9. The van der Waals surface area contributed by atoms with E-state index >= 15 is 0 Å². The van der Waals surface area contributed by atoms with Crippen LogP contribution in [0.25, 0.3) is 0 Å². The minimum atomic E-state index is -0.449. The predicted molar refractivity (Wildman–Crippen MR) is 66.8 cm³/mol. The van der Waals surface area contributed by atoms with E-state index in [9.17, 15) is 4.79 Å². The average molecular weight is 233 g/mol. The molecule has 4 nitrogen and oxygen atoms in total. The molecule has 17 heavy (non-hydrogen) atoms. The first kappa shape index (κ1) is 12.0. The summed E-state index contributed by atoms with van der Waals surface area (Å²) in [5, 5.41) is 0. The van der Waals surface area contributed by atoms with Crippen molar-refractivity contribution in [1.29, 1.82) is 0 Å². The van der Waals surface area contributed by atoms with Gasteiger partial charge >= 0.3 is 0 Å². The molecule has 2 rings (SSSR count). The smallest absolute Gasteiger partial charge is 0.267 e. The highest BCUT2D eigenvalue weighted by atomic mass is 16.1. The van der Waals surface area contributed by atoms with Gasteiger partial charge in [-0.05, 0) is 38.1 Å². The van der Waals surface area contributed by atoms with Crippen LogP contribution in [-0.4, -0.2) is 35.4 Å². The van der Waals surface area contributed by atoms with E-state index in [1.54, 1.807) is 6.07 Å². The predicted octanol–water partition coefficient (Wildman–Crippen LogP) is 1.38. The number of pyridine rings is 1. The third kappa shape index (κ3) is 2.82. The monoisotopic (exact) mass is 233 g/mol. The van der Waals surface area contributed by atoms with Crippen molar-refractivity contribution in [2.45, 2.75) is 25.7 Å². The van der Waals surface area contributed by atoms with E-state index in [0.29, 0.717) is 11.6 Å². The second-order valence-corrected chi connectivity index (χ2v) is 4.54. The fourth-order valence-corrected chi connectivity index (χ4v) is 2.40. The van der Waals surface area contributed by atoms with Gasteiger partial charge in [0.05, 0.1) is 0 Å². The number of hydrogen-bond donors (Lipinski definition) is 1. The molecule has 1 amide bonds. The number of carbonyl (C=O) groups is 1. The molecule has 0 aromatic carbocycles. The van der Waals surface area contributed by atoms with Crippen molar-refractivity contribution in [3.63, 3.8) is 0 Å². The van der Waals surface area contributed by atoms with Crippen LogP contribution in [-0.2, 0) is 0 Å². The summed E-state index contributed by atoms with van der Waals surface area (Å²) in [5.41, 5.74) is 6.62. The number of likely N-dealkylation sites (N-methyl/N-ethyl adjacent to an activating group) is 1. The Morgan fingerprint density at radius 3 is 3.12 bits per heavy atom. The van der Waals surface area contributed by atoms with Gasteiger partial charge in [0.2, 0.25) is 0 Å². The van der Waals surface area contributed by atoms with Gasteiger partial charge in [-0.15, -0.1) is 0 Å². The van der Waals surface area contributed by atoms with E-state index in [-0.39, 0.29) is 0 Å². The van der Waals surface area contributed by atoms with Crippen molar-refractivity contribution in [1.82, 2.24) is 9.88 Å². The summed E-state index contributed by atoms with van der Waals surface area (Å²) in [6.07, 6.45) is 2.34. The zero-order valence-electron chi connectivity index (χ0n) is 10.2. The van der Waals surface area contributed by atoms with Gasteiger partial charge in [0.25, 0.3) is 5.91 Å². The fourth-order valence-electron chi connectivity index (χ4n) is 2.40. The van der Waals surface area contributed by atoms with E-state index in [0.717, 1.165) is 25.2 Å². The molecule has 0 spiro atoms. The molecule has 0 aliphatic carbocycles. The molecule has 0 radical (unpaired) electrons. The molecule has 2 heterocycles. The van der Waals surface area contributed by atoms with Crippen LogP contribution in [0.3, 0.4) is 0 Å². The Morgan fingerprint density at radius 2 is 2.41 bits per heavy atom. The third-order valence-electron chi connectivity index (χ3n) is 3.39. The van der Waals surface area contributed by atoms with Crippen molar-refractivity contribution >= 4 is 5.91 Å². The van der Waals surface area contributed by atoms with Crippen LogP contribution >= 0.6 is 0 Å². The maximum Gasteiger partial charge on any atom is 0.267 e. The molecule has 1 fully saturated rings. The van der Waals surface area contributed by atoms with E-state index in [1.165, 1.54) is 13.0 Å². The molecule has 2 N–H and O–H groups in total. The number of nitrogens with zero attached hydrogens (tertiary/aromatic N) is 2. The second-order valence-electron chi connectivity index (χ2n) is 4.54. The largest absolute Gasteiger partial charge is 0.364 e. The number of aromatic nitrogens is 1. The molecule has 1 unspecified atom stereocenters. The molecule has 1 atom stereocenters. The van der Waals surface area contributed by atoms with Gasteiger partial charge in [-0.3, -0.25) is 4.79 Å². The lowest BCUT2D eigenvalue weighted by Gasteiger charge is -2.31. The molecule has 92 valence electrons. The van der Waals surface area contributed by atoms with Crippen molar-refractivity contribution in [3.05, 3.63) is 29.6 Å². The number of piperidine rings is 1. The molecular weight excluding hydrogens is 214 g/mol. The lowest BCUT2D eigenvalue weighted by molar-refractivity contribution is 0.0995. The Hall–Kier alpha value is -1.42. The Labute approximate surface area is 102 Å². The SMILES string of the molecule is CCN1CCCC(c2cccc(C(N)=O)n2)C1. The summed E-state index contributed by atoms with van der Waals surface area (Å²) < 4.78 is 0. The van der Waals surface area contributed by atoms with Gasteiger partial charge in [-0.25, -0.2) is 4.98 Å². The van der Waals surface area contributed by atoms with Crippen LogP contribution in [0.2, 0.25) is 0 Å². The molecule has 4 heteroatoms. The second kappa shape index (κ2) is 5.27. The topological polar surface area (TPSA) is 59.2 Å². The zero-order valence-corrected chi connectivity index (χ0v) is 10.2. The van der Waals surface area contributed by atoms with E-state index in [1.807, 2.05) is 12.1 Å². The van der Waals surface area contributed by atoms with Gasteiger partial charge < -0.3 is 10.6 Å². The lowest BCUT2D eigenvalue weighted by atomic mass is 9.94. The molecule has 1 aliphatic rings. The summed E-state index contributed by atoms with van der Waals surface area (Å²) in [6, 6.07) is 5.54. The summed E-state index contributed by atoms with van der Waals surface area (Å²) in [6.45, 7) is 5.45. The highest BCUT2D eigenvalue weighted by Crippen LogP contribution is 2.25. The first-order valence-corrected chi connectivity index (χ1v) is 6.19. The normalized spacial score (nSPS) is 21.4. The molecule has 1 aromatic rings. The summed E-state index contributed by atoms with van der Waals surface area (Å²) in [7, 11) is 0. The molecule has 0 saturated carbocycles. The van der Waals surface area contributed by atoms with E-state index < -0.39 is 5.91 Å². The van der Waals surface area contributed by atoms with Gasteiger partial charge in [-0.1, -0.05) is 13.0 Å². The van der Waals surface area contributed by atoms with Crippen molar-refractivity contribution < 1.29 is 4.79 Å². The number of carbonyl (C=O) groups excluding carboxylic acids is 1. The molecule has 1 aliphatic heterocycles. The van der Waals surface area contributed by atoms with Crippen LogP contribution in [0.1, 0.15) is 41.9 Å². The Balaban J connectivity index is 2.16. The number of nitrogens with two attached hydrogens (primary N) is 1. The lowest BCUT2D eigenvalue weighted by Crippen LogP contribution is -2.34. The summed E-state index contributed by atoms with van der Waals surface area (Å²) in [5.74, 6) is -0.0157. The van der Waals surface area contributed by atoms with Gasteiger partial charge in [0, 0.05) is 18.2 Å². The Kier molecular flexibility index (Phi) is 3.74. The number of amides is 1. The maximum atomic E-state index is 11.1. The number of rotatable bonds is 3. The number of likely N-dealkylation sites (tertiary alicyclic amines) is 1. The van der Waals surface area contributed by atoms with Crippen molar-refractivity contribution in [2.24, 2.45) is 5.73 Å². The quantitative estimate of drug-likeness (QED) is 0.858. The van der Waals surface area contributed by atoms with Crippen LogP contribution in [0.4, 0.5) is 0 Å². The highest BCUT2D eigenvalue weighted by Gasteiger charge is 2.21. The van der Waals surface area contributed by atoms with Crippen LogP contribution in [0.5, 0.6) is 0 Å². The zero-order chi connectivity index (χ0) is 12.3. The minimum absolute atomic E-state index is 0.371. The number of hydrogen-bond acceptors (Lipinski definition) is 3. The molecular formula is C13H19N3O. The fraction of sp³-hybridized carbons (Fsp3) is 0.538. The summed E-state index contributed by atoms with van der Waals surface area (Å²) >= 11 is 0. The standard InChI is InChI=1S/C13H19N3O/c1-2-16-8-4-5-10(9-16)11-6-3-7-12(15-11)13(14)17/h3,6-7,10H,2,4-5,8-9H2,1H3,(H2,14,17). The molecule has 1 aromatic heterocycles. The first-order chi connectivity index (χ1) is 8.20. The number of primary amides is 1. The van der Waals surface area contributed by atoms with Gasteiger partial charge in [0.15, 0.2) is 0 Å². The first-order valence-electron chi connectivity index (χ1n) is 6.19. The Morgan fingerprint density at radius 1 is 1.59 bits per heavy atom. The Bertz CT molecular complexity index is 405. The third-order valence-corrected chi connectivity index (χ3v) is 3.39. The molecule has 0 bridgehead atoms. The van der Waals surface area contributed by atoms with Crippen molar-refractivity contribution in [3.8, 4) is 0 Å². The van der Waals surface area contributed by atoms with Crippen LogP contribution < -0.4 is 5.73 Å². The average Bonchev–Trinajstić information content (AvgIpc) is 2.39. The molecule has 1 saturated heterocycles. The van der Waals surface area contributed by atoms with E-state index in [2.05, 4.69) is 16.8 Å².